The van der Waals surface area contributed by atoms with Gasteiger partial charge in [-0.3, -0.25) is 4.79 Å². The number of nitrogens with one attached hydrogen (secondary N) is 2. The van der Waals surface area contributed by atoms with Crippen molar-refractivity contribution < 1.29 is 13.2 Å². The Kier molecular flexibility index (Phi) is 3.19. The van der Waals surface area contributed by atoms with Crippen LogP contribution in [0.4, 0.5) is 13.2 Å². The molecule has 94 valence electrons. The highest BCUT2D eigenvalue weighted by molar-refractivity contribution is 5.09. The molecule has 1 saturated heterocycles. The number of rotatable bonds is 1. The maximum Gasteiger partial charge on any atom is 0.433 e. The van der Waals surface area contributed by atoms with Gasteiger partial charge in [-0.05, 0) is 25.9 Å². The Balaban J connectivity index is 2.34. The lowest BCUT2D eigenvalue weighted by molar-refractivity contribution is -0.141. The van der Waals surface area contributed by atoms with Gasteiger partial charge in [0.1, 0.15) is 5.82 Å². The number of alkyl halides is 3. The van der Waals surface area contributed by atoms with Crippen molar-refractivity contribution in [1.82, 2.24) is 15.3 Å². The lowest BCUT2D eigenvalue weighted by Crippen LogP contribution is -2.29. The van der Waals surface area contributed by atoms with Crippen LogP contribution in [0.15, 0.2) is 10.9 Å². The highest BCUT2D eigenvalue weighted by atomic mass is 19.4. The average Bonchev–Trinajstić information content (AvgIpc) is 2.28. The number of nitrogens with zero attached hydrogens (tertiary/aromatic N) is 1. The van der Waals surface area contributed by atoms with Crippen LogP contribution < -0.4 is 10.9 Å². The number of aromatic amines is 1. The predicted octanol–water partition coefficient (Wildman–Crippen LogP) is 1.26. The minimum atomic E-state index is -4.57. The standard InChI is InChI=1S/C10H12F3N3O/c11-10(12,13)7-5-8(17)16-9(15-7)6-1-3-14-4-2-6/h5-6,14H,1-4H2,(H,15,16,17). The number of piperidine rings is 1. The van der Waals surface area contributed by atoms with E-state index in [0.29, 0.717) is 18.9 Å². The lowest BCUT2D eigenvalue weighted by Gasteiger charge is -2.22. The summed E-state index contributed by atoms with van der Waals surface area (Å²) >= 11 is 0. The number of halogens is 3. The number of hydrogen-bond donors (Lipinski definition) is 2. The molecule has 2 rings (SSSR count). The number of hydrogen-bond acceptors (Lipinski definition) is 3. The van der Waals surface area contributed by atoms with E-state index in [9.17, 15) is 18.0 Å². The second-order valence-corrected chi connectivity index (χ2v) is 4.04. The zero-order valence-corrected chi connectivity index (χ0v) is 8.97. The second kappa shape index (κ2) is 4.48. The van der Waals surface area contributed by atoms with E-state index < -0.39 is 17.4 Å². The SMILES string of the molecule is O=c1cc(C(F)(F)F)nc(C2CCNCC2)[nH]1. The second-order valence-electron chi connectivity index (χ2n) is 4.04. The van der Waals surface area contributed by atoms with Crippen molar-refractivity contribution in [1.29, 1.82) is 0 Å². The summed E-state index contributed by atoms with van der Waals surface area (Å²) in [4.78, 5) is 17.1. The average molecular weight is 247 g/mol. The van der Waals surface area contributed by atoms with Crippen molar-refractivity contribution in [3.05, 3.63) is 27.9 Å². The fourth-order valence-corrected chi connectivity index (χ4v) is 1.91. The van der Waals surface area contributed by atoms with Crippen LogP contribution in [0.3, 0.4) is 0 Å². The summed E-state index contributed by atoms with van der Waals surface area (Å²) in [7, 11) is 0. The summed E-state index contributed by atoms with van der Waals surface area (Å²) in [6, 6.07) is 0.491. The first kappa shape index (κ1) is 12.1. The highest BCUT2D eigenvalue weighted by Gasteiger charge is 2.34. The van der Waals surface area contributed by atoms with E-state index in [0.717, 1.165) is 13.1 Å². The summed E-state index contributed by atoms with van der Waals surface area (Å²) in [6.07, 6.45) is -3.20. The van der Waals surface area contributed by atoms with Gasteiger partial charge in [0.05, 0.1) is 0 Å². The van der Waals surface area contributed by atoms with E-state index in [1.165, 1.54) is 0 Å². The quantitative estimate of drug-likeness (QED) is 0.785. The molecule has 0 bridgehead atoms. The molecule has 0 spiro atoms. The third-order valence-electron chi connectivity index (χ3n) is 2.78. The third-order valence-corrected chi connectivity index (χ3v) is 2.78. The zero-order chi connectivity index (χ0) is 12.5. The third kappa shape index (κ3) is 2.85. The van der Waals surface area contributed by atoms with Crippen molar-refractivity contribution in [2.24, 2.45) is 0 Å². The van der Waals surface area contributed by atoms with Gasteiger partial charge >= 0.3 is 6.18 Å². The zero-order valence-electron chi connectivity index (χ0n) is 8.97. The molecule has 0 amide bonds. The van der Waals surface area contributed by atoms with Crippen molar-refractivity contribution in [2.45, 2.75) is 24.9 Å². The van der Waals surface area contributed by atoms with Crippen molar-refractivity contribution in [3.8, 4) is 0 Å². The lowest BCUT2D eigenvalue weighted by atomic mass is 9.97. The molecular weight excluding hydrogens is 235 g/mol. The molecule has 0 atom stereocenters. The normalized spacial score (nSPS) is 18.3. The van der Waals surface area contributed by atoms with Crippen molar-refractivity contribution >= 4 is 0 Å². The first-order valence-electron chi connectivity index (χ1n) is 5.36. The Hall–Kier alpha value is -1.37. The van der Waals surface area contributed by atoms with Crippen LogP contribution in [-0.4, -0.2) is 23.1 Å². The molecule has 17 heavy (non-hydrogen) atoms. The molecule has 0 aromatic carbocycles. The minimum absolute atomic E-state index is 0.105. The first-order chi connectivity index (χ1) is 7.97. The van der Waals surface area contributed by atoms with Crippen LogP contribution in [0.1, 0.15) is 30.3 Å². The molecule has 0 unspecified atom stereocenters. The molecule has 2 N–H and O–H groups in total. The first-order valence-corrected chi connectivity index (χ1v) is 5.36. The van der Waals surface area contributed by atoms with E-state index in [-0.39, 0.29) is 11.7 Å². The molecule has 1 aromatic heterocycles. The van der Waals surface area contributed by atoms with E-state index >= 15 is 0 Å². The van der Waals surface area contributed by atoms with Gasteiger partial charge in [-0.25, -0.2) is 4.98 Å². The van der Waals surface area contributed by atoms with E-state index in [1.807, 2.05) is 0 Å². The maximum absolute atomic E-state index is 12.5. The van der Waals surface area contributed by atoms with Gasteiger partial charge in [-0.2, -0.15) is 13.2 Å². The van der Waals surface area contributed by atoms with Gasteiger partial charge in [0.2, 0.25) is 0 Å². The van der Waals surface area contributed by atoms with Gasteiger partial charge in [0.15, 0.2) is 5.69 Å². The van der Waals surface area contributed by atoms with Gasteiger partial charge in [-0.15, -0.1) is 0 Å². The molecule has 2 heterocycles. The number of aromatic nitrogens is 2. The molecule has 7 heteroatoms. The van der Waals surface area contributed by atoms with E-state index in [4.69, 9.17) is 0 Å². The molecule has 0 aliphatic carbocycles. The fourth-order valence-electron chi connectivity index (χ4n) is 1.91. The fraction of sp³-hybridized carbons (Fsp3) is 0.600. The summed E-state index contributed by atoms with van der Waals surface area (Å²) < 4.78 is 37.5. The summed E-state index contributed by atoms with van der Waals surface area (Å²) in [5.74, 6) is 0.0394. The van der Waals surface area contributed by atoms with Crippen molar-refractivity contribution in [3.63, 3.8) is 0 Å². The van der Waals surface area contributed by atoms with Crippen molar-refractivity contribution in [2.75, 3.05) is 13.1 Å². The van der Waals surface area contributed by atoms with E-state index in [1.54, 1.807) is 0 Å². The van der Waals surface area contributed by atoms with Crippen LogP contribution in [0, 0.1) is 0 Å². The molecular formula is C10H12F3N3O. The summed E-state index contributed by atoms with van der Waals surface area (Å²) in [5.41, 5.74) is -1.87. The molecule has 1 aromatic rings. The molecule has 1 aliphatic heterocycles. The Bertz CT molecular complexity index is 449. The van der Waals surface area contributed by atoms with Crippen LogP contribution >= 0.6 is 0 Å². The van der Waals surface area contributed by atoms with Crippen LogP contribution in [0.25, 0.3) is 0 Å². The molecule has 1 fully saturated rings. The Morgan fingerprint density at radius 1 is 1.29 bits per heavy atom. The van der Waals surface area contributed by atoms with Gasteiger partial charge < -0.3 is 10.3 Å². The Morgan fingerprint density at radius 3 is 2.53 bits per heavy atom. The minimum Gasteiger partial charge on any atom is -0.317 e. The predicted molar refractivity (Wildman–Crippen MR) is 54.7 cm³/mol. The van der Waals surface area contributed by atoms with Crippen LogP contribution in [0.5, 0.6) is 0 Å². The largest absolute Gasteiger partial charge is 0.433 e. The van der Waals surface area contributed by atoms with Gasteiger partial charge in [0.25, 0.3) is 5.56 Å². The molecule has 0 radical (unpaired) electrons. The monoisotopic (exact) mass is 247 g/mol. The summed E-state index contributed by atoms with van der Waals surface area (Å²) in [6.45, 7) is 1.45. The summed E-state index contributed by atoms with van der Waals surface area (Å²) in [5, 5.41) is 3.10. The molecule has 0 saturated carbocycles. The Labute approximate surface area is 95.3 Å². The Morgan fingerprint density at radius 2 is 1.94 bits per heavy atom. The van der Waals surface area contributed by atoms with Gasteiger partial charge in [-0.1, -0.05) is 0 Å². The number of H-pyrrole nitrogens is 1. The smallest absolute Gasteiger partial charge is 0.317 e. The van der Waals surface area contributed by atoms with Gasteiger partial charge in [0, 0.05) is 12.0 Å². The molecule has 4 nitrogen and oxygen atoms in total. The molecule has 1 aliphatic rings. The van der Waals surface area contributed by atoms with Crippen LogP contribution in [-0.2, 0) is 6.18 Å². The van der Waals surface area contributed by atoms with Crippen LogP contribution in [0.2, 0.25) is 0 Å². The maximum atomic E-state index is 12.5. The topological polar surface area (TPSA) is 57.8 Å². The highest BCUT2D eigenvalue weighted by Crippen LogP contribution is 2.28. The van der Waals surface area contributed by atoms with E-state index in [2.05, 4.69) is 15.3 Å².